The number of anilines is 2. The van der Waals surface area contributed by atoms with Gasteiger partial charge in [0, 0.05) is 17.2 Å². The molecule has 0 unspecified atom stereocenters. The predicted molar refractivity (Wildman–Crippen MR) is 121 cm³/mol. The van der Waals surface area contributed by atoms with E-state index in [0.29, 0.717) is 21.4 Å². The predicted octanol–water partition coefficient (Wildman–Crippen LogP) is 4.79. The number of nitrogens with zero attached hydrogens (tertiary/aromatic N) is 2. The van der Waals surface area contributed by atoms with Gasteiger partial charge in [-0.3, -0.25) is 19.7 Å². The second-order valence-corrected chi connectivity index (χ2v) is 7.36. The molecule has 0 bridgehead atoms. The number of nitrogens with one attached hydrogen (secondary N) is 1. The molecule has 1 heterocycles. The van der Waals surface area contributed by atoms with Gasteiger partial charge in [0.05, 0.1) is 29.0 Å². The molecular formula is C23H15ClFN3O5. The summed E-state index contributed by atoms with van der Waals surface area (Å²) in [6, 6.07) is 15.2. The minimum Gasteiger partial charge on any atom is -0.495 e. The summed E-state index contributed by atoms with van der Waals surface area (Å²) in [6.07, 6.45) is 0. The number of carbonyl (C=O) groups excluding carboxylic acids is 2. The van der Waals surface area contributed by atoms with Gasteiger partial charge in [-0.2, -0.15) is 0 Å². The van der Waals surface area contributed by atoms with Crippen molar-refractivity contribution >= 4 is 46.1 Å². The number of hydrogen-bond donors (Lipinski definition) is 1. The van der Waals surface area contributed by atoms with Crippen molar-refractivity contribution in [1.82, 2.24) is 0 Å². The molecule has 10 heteroatoms. The highest BCUT2D eigenvalue weighted by Crippen LogP contribution is 2.37. The quantitative estimate of drug-likeness (QED) is 0.317. The Morgan fingerprint density at radius 1 is 1.03 bits per heavy atom. The lowest BCUT2D eigenvalue weighted by Gasteiger charge is -2.16. The molecule has 0 saturated carbocycles. The first-order valence-electron chi connectivity index (χ1n) is 9.54. The number of benzene rings is 3. The van der Waals surface area contributed by atoms with Crippen LogP contribution in [0.25, 0.3) is 5.57 Å². The smallest absolute Gasteiger partial charge is 0.282 e. The van der Waals surface area contributed by atoms with E-state index in [2.05, 4.69) is 5.32 Å². The van der Waals surface area contributed by atoms with Crippen molar-refractivity contribution in [2.45, 2.75) is 0 Å². The van der Waals surface area contributed by atoms with Crippen LogP contribution in [0, 0.1) is 15.9 Å². The van der Waals surface area contributed by atoms with Crippen molar-refractivity contribution < 1.29 is 23.6 Å². The summed E-state index contributed by atoms with van der Waals surface area (Å²) in [5, 5.41) is 14.3. The molecule has 1 N–H and O–H groups in total. The zero-order chi connectivity index (χ0) is 23.7. The van der Waals surface area contributed by atoms with Gasteiger partial charge in [0.2, 0.25) is 0 Å². The van der Waals surface area contributed by atoms with E-state index in [4.69, 9.17) is 16.3 Å². The number of ether oxygens (including phenoxy) is 1. The largest absolute Gasteiger partial charge is 0.495 e. The summed E-state index contributed by atoms with van der Waals surface area (Å²) in [5.74, 6) is -2.01. The number of methoxy groups -OCH3 is 1. The van der Waals surface area contributed by atoms with Gasteiger partial charge in [-0.05, 0) is 48.0 Å². The summed E-state index contributed by atoms with van der Waals surface area (Å²) >= 11 is 6.08. The highest BCUT2D eigenvalue weighted by molar-refractivity contribution is 6.46. The van der Waals surface area contributed by atoms with Crippen molar-refractivity contribution in [3.8, 4) is 5.75 Å². The molecule has 3 aromatic rings. The van der Waals surface area contributed by atoms with Crippen molar-refractivity contribution in [2.24, 2.45) is 0 Å². The molecule has 0 fully saturated rings. The Morgan fingerprint density at radius 2 is 1.73 bits per heavy atom. The lowest BCUT2D eigenvalue weighted by Crippen LogP contribution is -2.33. The van der Waals surface area contributed by atoms with Crippen LogP contribution in [-0.2, 0) is 9.59 Å². The zero-order valence-electron chi connectivity index (χ0n) is 17.0. The number of nitro benzene ring substituents is 1. The Balaban J connectivity index is 1.87. The molecule has 0 radical (unpaired) electrons. The van der Waals surface area contributed by atoms with E-state index in [9.17, 15) is 24.1 Å². The molecule has 1 aliphatic heterocycles. The van der Waals surface area contributed by atoms with Gasteiger partial charge in [0.25, 0.3) is 17.5 Å². The molecule has 8 nitrogen and oxygen atoms in total. The van der Waals surface area contributed by atoms with Crippen LogP contribution in [-0.4, -0.2) is 23.8 Å². The second-order valence-electron chi connectivity index (χ2n) is 6.92. The molecule has 0 aliphatic carbocycles. The van der Waals surface area contributed by atoms with Gasteiger partial charge < -0.3 is 10.1 Å². The Bertz CT molecular complexity index is 1320. The van der Waals surface area contributed by atoms with Gasteiger partial charge in [0.1, 0.15) is 17.3 Å². The minimum atomic E-state index is -0.805. The van der Waals surface area contributed by atoms with Crippen LogP contribution in [0.5, 0.6) is 5.75 Å². The van der Waals surface area contributed by atoms with Crippen LogP contribution in [0.1, 0.15) is 5.56 Å². The summed E-state index contributed by atoms with van der Waals surface area (Å²) in [7, 11) is 1.42. The number of imide groups is 1. The van der Waals surface area contributed by atoms with Gasteiger partial charge in [-0.1, -0.05) is 23.7 Å². The number of halogens is 2. The topological polar surface area (TPSA) is 102 Å². The SMILES string of the molecule is COc1ccc(Cl)cc1NC1=C(c2ccc([N+](=O)[O-])cc2)C(=O)N(c2ccccc2F)C1=O. The fraction of sp³-hybridized carbons (Fsp3) is 0.0435. The van der Waals surface area contributed by atoms with Gasteiger partial charge >= 0.3 is 0 Å². The van der Waals surface area contributed by atoms with Gasteiger partial charge in [0.15, 0.2) is 0 Å². The van der Waals surface area contributed by atoms with E-state index in [-0.39, 0.29) is 28.2 Å². The van der Waals surface area contributed by atoms with Crippen LogP contribution in [0.4, 0.5) is 21.5 Å². The Labute approximate surface area is 192 Å². The first kappa shape index (κ1) is 22.0. The Hall–Kier alpha value is -4.24. The number of non-ortho nitro benzene ring substituents is 1. The van der Waals surface area contributed by atoms with Crippen LogP contribution < -0.4 is 15.0 Å². The zero-order valence-corrected chi connectivity index (χ0v) is 17.8. The van der Waals surface area contributed by atoms with Crippen LogP contribution in [0.3, 0.4) is 0 Å². The molecule has 0 aromatic heterocycles. The van der Waals surface area contributed by atoms with Crippen LogP contribution in [0.15, 0.2) is 72.4 Å². The van der Waals surface area contributed by atoms with E-state index >= 15 is 0 Å². The summed E-state index contributed by atoms with van der Waals surface area (Å²) in [4.78, 5) is 37.9. The third kappa shape index (κ3) is 4.01. The third-order valence-electron chi connectivity index (χ3n) is 4.97. The third-order valence-corrected chi connectivity index (χ3v) is 5.20. The maximum absolute atomic E-state index is 14.5. The van der Waals surface area contributed by atoms with Crippen molar-refractivity contribution in [2.75, 3.05) is 17.3 Å². The first-order valence-corrected chi connectivity index (χ1v) is 9.92. The summed E-state index contributed by atoms with van der Waals surface area (Å²) in [5.41, 5.74) is -0.107. The van der Waals surface area contributed by atoms with Gasteiger partial charge in [-0.25, -0.2) is 9.29 Å². The first-order chi connectivity index (χ1) is 15.8. The van der Waals surface area contributed by atoms with Gasteiger partial charge in [-0.15, -0.1) is 0 Å². The number of para-hydroxylation sites is 1. The second kappa shape index (κ2) is 8.71. The highest BCUT2D eigenvalue weighted by Gasteiger charge is 2.41. The minimum absolute atomic E-state index is 0.0832. The molecule has 166 valence electrons. The van der Waals surface area contributed by atoms with E-state index in [1.165, 1.54) is 55.6 Å². The van der Waals surface area contributed by atoms with Crippen LogP contribution in [0.2, 0.25) is 5.02 Å². The number of amides is 2. The van der Waals surface area contributed by atoms with Crippen molar-refractivity contribution in [3.05, 3.63) is 98.9 Å². The summed E-state index contributed by atoms with van der Waals surface area (Å²) in [6.45, 7) is 0. The fourth-order valence-electron chi connectivity index (χ4n) is 3.43. The molecule has 3 aromatic carbocycles. The summed E-state index contributed by atoms with van der Waals surface area (Å²) < 4.78 is 19.8. The molecule has 33 heavy (non-hydrogen) atoms. The molecule has 1 aliphatic rings. The molecule has 0 saturated heterocycles. The maximum Gasteiger partial charge on any atom is 0.282 e. The van der Waals surface area contributed by atoms with Crippen molar-refractivity contribution in [1.29, 1.82) is 0 Å². The average molecular weight is 468 g/mol. The number of carbonyl (C=O) groups is 2. The molecule has 0 spiro atoms. The van der Waals surface area contributed by atoms with E-state index in [1.54, 1.807) is 12.1 Å². The van der Waals surface area contributed by atoms with Crippen molar-refractivity contribution in [3.63, 3.8) is 0 Å². The standard InChI is InChI=1S/C23H15ClFN3O5/c1-33-19-11-8-14(24)12-17(19)26-21-20(13-6-9-15(10-7-13)28(31)32)22(29)27(23(21)30)18-5-3-2-4-16(18)25/h2-12,26H,1H3. The van der Waals surface area contributed by atoms with E-state index < -0.39 is 22.6 Å². The Kier molecular flexibility index (Phi) is 5.80. The van der Waals surface area contributed by atoms with Crippen LogP contribution >= 0.6 is 11.6 Å². The molecule has 0 atom stereocenters. The molecular weight excluding hydrogens is 453 g/mol. The fourth-order valence-corrected chi connectivity index (χ4v) is 3.60. The average Bonchev–Trinajstić information content (AvgIpc) is 3.04. The number of hydrogen-bond acceptors (Lipinski definition) is 6. The Morgan fingerprint density at radius 3 is 2.36 bits per heavy atom. The monoisotopic (exact) mass is 467 g/mol. The number of rotatable bonds is 6. The number of nitro groups is 1. The highest BCUT2D eigenvalue weighted by atomic mass is 35.5. The van der Waals surface area contributed by atoms with E-state index in [1.807, 2.05) is 0 Å². The lowest BCUT2D eigenvalue weighted by atomic mass is 10.0. The molecule has 2 amide bonds. The van der Waals surface area contributed by atoms with E-state index in [0.717, 1.165) is 6.07 Å². The lowest BCUT2D eigenvalue weighted by molar-refractivity contribution is -0.384. The maximum atomic E-state index is 14.5. The normalized spacial score (nSPS) is 13.5. The molecule has 4 rings (SSSR count).